The van der Waals surface area contributed by atoms with Crippen molar-refractivity contribution in [3.63, 3.8) is 0 Å². The largest absolute Gasteiger partial charge is 0.497 e. The van der Waals surface area contributed by atoms with Gasteiger partial charge in [-0.25, -0.2) is 8.42 Å². The lowest BCUT2D eigenvalue weighted by atomic mass is 9.98. The monoisotopic (exact) mass is 547 g/mol. The number of amides is 2. The predicted octanol–water partition coefficient (Wildman–Crippen LogP) is 4.55. The van der Waals surface area contributed by atoms with Gasteiger partial charge in [-0.1, -0.05) is 18.2 Å². The number of anilines is 2. The van der Waals surface area contributed by atoms with Crippen LogP contribution in [0.1, 0.15) is 39.9 Å². The topological polar surface area (TPSA) is 96.0 Å². The lowest BCUT2D eigenvalue weighted by molar-refractivity contribution is -0.120. The van der Waals surface area contributed by atoms with Gasteiger partial charge in [0, 0.05) is 36.6 Å². The van der Waals surface area contributed by atoms with Gasteiger partial charge >= 0.3 is 0 Å². The molecule has 1 fully saturated rings. The molecule has 1 N–H and O–H groups in total. The zero-order valence-corrected chi connectivity index (χ0v) is 23.3. The number of hydrogen-bond acceptors (Lipinski definition) is 5. The van der Waals surface area contributed by atoms with Crippen LogP contribution in [0.3, 0.4) is 0 Å². The molecular formula is C30H33N3O5S. The number of carbonyl (C=O) groups is 2. The number of benzene rings is 3. The van der Waals surface area contributed by atoms with Crippen LogP contribution < -0.4 is 15.0 Å². The third-order valence-electron chi connectivity index (χ3n) is 7.55. The Morgan fingerprint density at radius 2 is 1.74 bits per heavy atom. The first kappa shape index (κ1) is 26.9. The second-order valence-electron chi connectivity index (χ2n) is 10.2. The van der Waals surface area contributed by atoms with Crippen LogP contribution in [-0.4, -0.2) is 51.3 Å². The van der Waals surface area contributed by atoms with E-state index in [-0.39, 0.29) is 18.4 Å². The molecule has 1 saturated heterocycles. The van der Waals surface area contributed by atoms with Gasteiger partial charge in [0.25, 0.3) is 5.91 Å². The summed E-state index contributed by atoms with van der Waals surface area (Å²) >= 11 is 0. The molecular weight excluding hydrogens is 514 g/mol. The number of rotatable bonds is 6. The Morgan fingerprint density at radius 1 is 0.974 bits per heavy atom. The molecule has 3 aromatic rings. The first-order chi connectivity index (χ1) is 18.7. The van der Waals surface area contributed by atoms with Gasteiger partial charge in [0.1, 0.15) is 5.75 Å². The summed E-state index contributed by atoms with van der Waals surface area (Å²) in [5.41, 5.74) is 4.53. The fraction of sp³-hybridized carbons (Fsp3) is 0.333. The maximum Gasteiger partial charge on any atom is 0.258 e. The molecule has 3 aromatic carbocycles. The molecule has 0 aliphatic carbocycles. The zero-order chi connectivity index (χ0) is 27.7. The molecule has 2 aliphatic heterocycles. The second-order valence-corrected chi connectivity index (χ2v) is 12.1. The van der Waals surface area contributed by atoms with E-state index < -0.39 is 15.9 Å². The van der Waals surface area contributed by atoms with Crippen LogP contribution in [0.5, 0.6) is 5.75 Å². The fourth-order valence-corrected chi connectivity index (χ4v) is 7.13. The van der Waals surface area contributed by atoms with Crippen molar-refractivity contribution in [2.75, 3.05) is 37.0 Å². The average Bonchev–Trinajstić information content (AvgIpc) is 3.37. The van der Waals surface area contributed by atoms with Gasteiger partial charge in [0.2, 0.25) is 15.9 Å². The quantitative estimate of drug-likeness (QED) is 0.488. The maximum absolute atomic E-state index is 13.4. The van der Waals surface area contributed by atoms with Gasteiger partial charge < -0.3 is 15.0 Å². The molecule has 204 valence electrons. The number of sulfonamides is 1. The highest BCUT2D eigenvalue weighted by molar-refractivity contribution is 7.89. The third kappa shape index (κ3) is 5.42. The summed E-state index contributed by atoms with van der Waals surface area (Å²) < 4.78 is 33.5. The molecule has 1 unspecified atom stereocenters. The van der Waals surface area contributed by atoms with Crippen LogP contribution >= 0.6 is 0 Å². The lowest BCUT2D eigenvalue weighted by Crippen LogP contribution is -2.43. The molecule has 1 atom stereocenters. The van der Waals surface area contributed by atoms with Crippen LogP contribution in [0, 0.1) is 19.8 Å². The number of piperidine rings is 1. The minimum absolute atomic E-state index is 0.112. The summed E-state index contributed by atoms with van der Waals surface area (Å²) in [6.45, 7) is 4.74. The molecule has 9 heteroatoms. The highest BCUT2D eigenvalue weighted by atomic mass is 32.2. The Labute approximate surface area is 229 Å². The molecule has 2 heterocycles. The fourth-order valence-electron chi connectivity index (χ4n) is 5.30. The number of methoxy groups -OCH3 is 1. The minimum Gasteiger partial charge on any atom is -0.497 e. The Kier molecular flexibility index (Phi) is 7.46. The van der Waals surface area contributed by atoms with Gasteiger partial charge in [-0.05, 0) is 92.3 Å². The van der Waals surface area contributed by atoms with Gasteiger partial charge in [0.05, 0.1) is 17.9 Å². The van der Waals surface area contributed by atoms with Crippen LogP contribution in [0.2, 0.25) is 0 Å². The molecule has 39 heavy (non-hydrogen) atoms. The molecule has 0 spiro atoms. The molecule has 0 aromatic heterocycles. The van der Waals surface area contributed by atoms with Crippen molar-refractivity contribution in [2.24, 2.45) is 5.92 Å². The molecule has 0 radical (unpaired) electrons. The Balaban J connectivity index is 1.30. The first-order valence-electron chi connectivity index (χ1n) is 13.1. The summed E-state index contributed by atoms with van der Waals surface area (Å²) in [6, 6.07) is 18.0. The number of nitrogens with zero attached hydrogens (tertiary/aromatic N) is 2. The van der Waals surface area contributed by atoms with Crippen LogP contribution in [0.4, 0.5) is 11.4 Å². The van der Waals surface area contributed by atoms with Crippen LogP contribution in [0.15, 0.2) is 65.6 Å². The van der Waals surface area contributed by atoms with Crippen molar-refractivity contribution in [3.05, 3.63) is 82.9 Å². The molecule has 0 saturated carbocycles. The minimum atomic E-state index is -3.71. The van der Waals surface area contributed by atoms with E-state index in [1.807, 2.05) is 37.3 Å². The molecule has 5 rings (SSSR count). The van der Waals surface area contributed by atoms with Gasteiger partial charge in [-0.15, -0.1) is 0 Å². The number of carbonyl (C=O) groups excluding carboxylic acids is 2. The third-order valence-corrected chi connectivity index (χ3v) is 9.55. The van der Waals surface area contributed by atoms with Gasteiger partial charge in [0.15, 0.2) is 0 Å². The van der Waals surface area contributed by atoms with Crippen molar-refractivity contribution >= 4 is 33.2 Å². The van der Waals surface area contributed by atoms with E-state index in [2.05, 4.69) is 5.32 Å². The van der Waals surface area contributed by atoms with Crippen LogP contribution in [-0.2, 0) is 21.2 Å². The van der Waals surface area contributed by atoms with E-state index in [1.54, 1.807) is 49.3 Å². The summed E-state index contributed by atoms with van der Waals surface area (Å²) in [7, 11) is -2.13. The lowest BCUT2D eigenvalue weighted by Gasteiger charge is -2.31. The van der Waals surface area contributed by atoms with E-state index >= 15 is 0 Å². The first-order valence-corrected chi connectivity index (χ1v) is 14.6. The van der Waals surface area contributed by atoms with Crippen molar-refractivity contribution < 1.29 is 22.7 Å². The molecule has 2 aliphatic rings. The second kappa shape index (κ2) is 10.8. The van der Waals surface area contributed by atoms with Crippen molar-refractivity contribution in [1.82, 2.24) is 4.31 Å². The zero-order valence-electron chi connectivity index (χ0n) is 22.4. The van der Waals surface area contributed by atoms with Crippen molar-refractivity contribution in [1.29, 1.82) is 0 Å². The SMILES string of the molecule is COc1ccc(C(=O)N2CCc3ccc(NC(=O)C4CCCN(S(=O)(=O)c5cc(C)ccc5C)C4)cc32)cc1. The highest BCUT2D eigenvalue weighted by Crippen LogP contribution is 2.33. The molecule has 2 amide bonds. The van der Waals surface area contributed by atoms with E-state index in [9.17, 15) is 18.0 Å². The molecule has 8 nitrogen and oxygen atoms in total. The normalized spacial score (nSPS) is 17.5. The highest BCUT2D eigenvalue weighted by Gasteiger charge is 2.34. The smallest absolute Gasteiger partial charge is 0.258 e. The van der Waals surface area contributed by atoms with E-state index in [0.29, 0.717) is 53.4 Å². The van der Waals surface area contributed by atoms with E-state index in [4.69, 9.17) is 4.74 Å². The number of fused-ring (bicyclic) bond motifs is 1. The predicted molar refractivity (Wildman–Crippen MR) is 151 cm³/mol. The van der Waals surface area contributed by atoms with E-state index in [0.717, 1.165) is 23.2 Å². The summed E-state index contributed by atoms with van der Waals surface area (Å²) in [5, 5.41) is 2.97. The summed E-state index contributed by atoms with van der Waals surface area (Å²) in [6.07, 6.45) is 1.95. The standard InChI is InChI=1S/C30H33N3O5S/c1-20-6-7-21(2)28(17-20)39(36,37)32-15-4-5-24(19-32)29(34)31-25-11-8-22-14-16-33(27(22)18-25)30(35)23-9-12-26(38-3)13-10-23/h6-13,17-18,24H,4-5,14-16,19H2,1-3H3,(H,31,34). The Hall–Kier alpha value is -3.69. The number of nitrogens with one attached hydrogen (secondary N) is 1. The Morgan fingerprint density at radius 3 is 2.49 bits per heavy atom. The Bertz CT molecular complexity index is 1520. The molecule has 0 bridgehead atoms. The maximum atomic E-state index is 13.4. The summed E-state index contributed by atoms with van der Waals surface area (Å²) in [4.78, 5) is 28.5. The average molecular weight is 548 g/mol. The van der Waals surface area contributed by atoms with Crippen molar-refractivity contribution in [3.8, 4) is 5.75 Å². The van der Waals surface area contributed by atoms with Crippen molar-refractivity contribution in [2.45, 2.75) is 38.0 Å². The van der Waals surface area contributed by atoms with E-state index in [1.165, 1.54) is 4.31 Å². The van der Waals surface area contributed by atoms with Crippen LogP contribution in [0.25, 0.3) is 0 Å². The van der Waals surface area contributed by atoms with Gasteiger partial charge in [-0.3, -0.25) is 9.59 Å². The summed E-state index contributed by atoms with van der Waals surface area (Å²) in [5.74, 6) is -0.119. The number of hydrogen-bond donors (Lipinski definition) is 1. The van der Waals surface area contributed by atoms with Gasteiger partial charge in [-0.2, -0.15) is 4.31 Å². The number of ether oxygens (including phenoxy) is 1. The number of aryl methyl sites for hydroxylation is 2.